The fourth-order valence-corrected chi connectivity index (χ4v) is 2.17. The van der Waals surface area contributed by atoms with E-state index in [4.69, 9.17) is 4.74 Å². The number of hydrogen-bond acceptors (Lipinski definition) is 1. The molecule has 16 heavy (non-hydrogen) atoms. The van der Waals surface area contributed by atoms with Crippen molar-refractivity contribution in [2.75, 3.05) is 33.5 Å². The molecule has 0 amide bonds. The molecule has 0 aliphatic carbocycles. The van der Waals surface area contributed by atoms with E-state index in [1.165, 1.54) is 43.4 Å². The molecule has 98 valence electrons. The van der Waals surface area contributed by atoms with Crippen molar-refractivity contribution in [2.45, 2.75) is 26.2 Å². The molecule has 0 atom stereocenters. The van der Waals surface area contributed by atoms with Crippen LogP contribution in [-0.4, -0.2) is 52.9 Å². The molecule has 1 aliphatic heterocycles. The summed E-state index contributed by atoms with van der Waals surface area (Å²) in [7, 11) is 1.81. The van der Waals surface area contributed by atoms with Crippen molar-refractivity contribution >= 4 is 14.9 Å². The van der Waals surface area contributed by atoms with Gasteiger partial charge in [0.1, 0.15) is 0 Å². The summed E-state index contributed by atoms with van der Waals surface area (Å²) in [5, 5.41) is 0. The van der Waals surface area contributed by atoms with Gasteiger partial charge in [0.25, 0.3) is 0 Å². The Hall–Kier alpha value is 0.172. The summed E-state index contributed by atoms with van der Waals surface area (Å²) < 4.78 is 45.9. The predicted octanol–water partition coefficient (Wildman–Crippen LogP) is 2.91. The topological polar surface area (TPSA) is 9.23 Å². The highest BCUT2D eigenvalue weighted by molar-refractivity contribution is 6.50. The van der Waals surface area contributed by atoms with Crippen LogP contribution in [0.4, 0.5) is 14.1 Å². The molecule has 0 aromatic rings. The molecule has 7 heteroatoms. The highest BCUT2D eigenvalue weighted by atomic mass is 27.5. The SMILES string of the molecule is CCC[N+]1(COC)CCCC1.[F][Al-]([F])([F])[F]. The molecular weight excluding hydrogens is 241 g/mol. The van der Waals surface area contributed by atoms with Crippen molar-refractivity contribution < 1.29 is 23.3 Å². The van der Waals surface area contributed by atoms with Crippen LogP contribution in [0.3, 0.4) is 0 Å². The van der Waals surface area contributed by atoms with Gasteiger partial charge in [0.2, 0.25) is 0 Å². The summed E-state index contributed by atoms with van der Waals surface area (Å²) in [6.45, 7) is 7.15. The summed E-state index contributed by atoms with van der Waals surface area (Å²) >= 11 is -6.83. The predicted molar refractivity (Wildman–Crippen MR) is 56.4 cm³/mol. The Morgan fingerprint density at radius 2 is 1.56 bits per heavy atom. The van der Waals surface area contributed by atoms with Gasteiger partial charge in [0.15, 0.2) is 6.73 Å². The number of likely N-dealkylation sites (tertiary alicyclic amines) is 1. The maximum absolute atomic E-state index is 9.85. The molecule has 0 unspecified atom stereocenters. The number of ether oxygens (including phenoxy) is 1. The Morgan fingerprint density at radius 1 is 1.12 bits per heavy atom. The largest absolute Gasteiger partial charge is 1.04 e. The highest BCUT2D eigenvalue weighted by Crippen LogP contribution is 2.19. The Labute approximate surface area is 98.4 Å². The fourth-order valence-electron chi connectivity index (χ4n) is 2.17. The lowest BCUT2D eigenvalue weighted by molar-refractivity contribution is -0.934. The molecule has 0 radical (unpaired) electrons. The van der Waals surface area contributed by atoms with E-state index < -0.39 is 14.9 Å². The molecule has 0 bridgehead atoms. The first-order valence-electron chi connectivity index (χ1n) is 5.54. The maximum atomic E-state index is 9.85. The van der Waals surface area contributed by atoms with E-state index >= 15 is 0 Å². The van der Waals surface area contributed by atoms with Crippen molar-refractivity contribution in [3.8, 4) is 0 Å². The number of rotatable bonds is 4. The summed E-state index contributed by atoms with van der Waals surface area (Å²) in [5.41, 5.74) is 0. The van der Waals surface area contributed by atoms with Crippen LogP contribution in [0.2, 0.25) is 0 Å². The first-order valence-corrected chi connectivity index (χ1v) is 7.29. The third-order valence-electron chi connectivity index (χ3n) is 2.62. The third-order valence-corrected chi connectivity index (χ3v) is 2.62. The minimum atomic E-state index is -6.83. The van der Waals surface area contributed by atoms with Gasteiger partial charge in [0.05, 0.1) is 19.6 Å². The van der Waals surface area contributed by atoms with Crippen molar-refractivity contribution in [3.05, 3.63) is 0 Å². The van der Waals surface area contributed by atoms with Crippen LogP contribution in [0.5, 0.6) is 0 Å². The number of halogens is 4. The average Bonchev–Trinajstić information content (AvgIpc) is 2.51. The molecular formula is C9H20AlF4NO. The molecule has 1 heterocycles. The lowest BCUT2D eigenvalue weighted by Crippen LogP contribution is -2.47. The fraction of sp³-hybridized carbons (Fsp3) is 1.00. The zero-order valence-electron chi connectivity index (χ0n) is 9.89. The van der Waals surface area contributed by atoms with Crippen molar-refractivity contribution in [2.24, 2.45) is 0 Å². The zero-order valence-corrected chi connectivity index (χ0v) is 11.0. The normalized spacial score (nSPS) is 19.1. The van der Waals surface area contributed by atoms with Crippen LogP contribution in [0.15, 0.2) is 0 Å². The van der Waals surface area contributed by atoms with E-state index in [1.54, 1.807) is 0 Å². The van der Waals surface area contributed by atoms with Crippen LogP contribution in [-0.2, 0) is 4.74 Å². The van der Waals surface area contributed by atoms with Crippen molar-refractivity contribution in [1.29, 1.82) is 0 Å². The minimum Gasteiger partial charge on any atom is -0.510 e. The third kappa shape index (κ3) is 8.34. The van der Waals surface area contributed by atoms with Gasteiger partial charge in [0, 0.05) is 20.0 Å². The molecule has 1 fully saturated rings. The summed E-state index contributed by atoms with van der Waals surface area (Å²) in [4.78, 5) is 0. The van der Waals surface area contributed by atoms with Gasteiger partial charge in [-0.3, -0.25) is 0 Å². The lowest BCUT2D eigenvalue weighted by atomic mass is 10.4. The van der Waals surface area contributed by atoms with E-state index in [-0.39, 0.29) is 0 Å². The zero-order chi connectivity index (χ0) is 12.7. The first kappa shape index (κ1) is 16.2. The molecule has 1 saturated heterocycles. The Morgan fingerprint density at radius 3 is 1.88 bits per heavy atom. The van der Waals surface area contributed by atoms with Crippen molar-refractivity contribution in [3.63, 3.8) is 0 Å². The van der Waals surface area contributed by atoms with Gasteiger partial charge < -0.3 is 23.3 Å². The summed E-state index contributed by atoms with van der Waals surface area (Å²) in [6, 6.07) is 0. The monoisotopic (exact) mass is 261 g/mol. The first-order chi connectivity index (χ1) is 7.33. The number of hydrogen-bond donors (Lipinski definition) is 0. The molecule has 0 aromatic heterocycles. The minimum absolute atomic E-state index is 0.924. The van der Waals surface area contributed by atoms with E-state index in [9.17, 15) is 14.1 Å². The van der Waals surface area contributed by atoms with Crippen LogP contribution >= 0.6 is 0 Å². The highest BCUT2D eigenvalue weighted by Gasteiger charge is 2.41. The molecule has 0 spiro atoms. The van der Waals surface area contributed by atoms with Gasteiger partial charge in [-0.15, -0.1) is 0 Å². The maximum Gasteiger partial charge on any atom is 1.04 e. The molecule has 2 nitrogen and oxygen atoms in total. The van der Waals surface area contributed by atoms with Crippen LogP contribution in [0, 0.1) is 0 Å². The summed E-state index contributed by atoms with van der Waals surface area (Å²) in [6.07, 6.45) is 4.07. The second kappa shape index (κ2) is 7.49. The Kier molecular flexibility index (Phi) is 7.57. The van der Waals surface area contributed by atoms with Crippen LogP contribution < -0.4 is 0 Å². The molecule has 1 aliphatic rings. The van der Waals surface area contributed by atoms with Gasteiger partial charge in [-0.05, 0) is 6.42 Å². The van der Waals surface area contributed by atoms with Crippen LogP contribution in [0.25, 0.3) is 0 Å². The van der Waals surface area contributed by atoms with E-state index in [0.29, 0.717) is 0 Å². The van der Waals surface area contributed by atoms with E-state index in [2.05, 4.69) is 6.92 Å². The number of methoxy groups -OCH3 is 1. The van der Waals surface area contributed by atoms with Gasteiger partial charge >= 0.3 is 14.9 Å². The van der Waals surface area contributed by atoms with Crippen LogP contribution in [0.1, 0.15) is 26.2 Å². The summed E-state index contributed by atoms with van der Waals surface area (Å²) in [5.74, 6) is 0. The Bertz CT molecular complexity index is 169. The van der Waals surface area contributed by atoms with Gasteiger partial charge in [-0.25, -0.2) is 0 Å². The quantitative estimate of drug-likeness (QED) is 0.429. The lowest BCUT2D eigenvalue weighted by Gasteiger charge is -2.32. The van der Waals surface area contributed by atoms with E-state index in [0.717, 1.165) is 6.73 Å². The van der Waals surface area contributed by atoms with E-state index in [1.807, 2.05) is 7.11 Å². The second-order valence-corrected chi connectivity index (χ2v) is 5.12. The Balaban J connectivity index is 0.000000385. The van der Waals surface area contributed by atoms with Crippen molar-refractivity contribution in [1.82, 2.24) is 0 Å². The second-order valence-electron chi connectivity index (χ2n) is 4.13. The average molecular weight is 261 g/mol. The van der Waals surface area contributed by atoms with Gasteiger partial charge in [-0.1, -0.05) is 6.92 Å². The molecule has 0 N–H and O–H groups in total. The number of quaternary nitrogens is 1. The standard InChI is InChI=1S/C9H20NO.Al.4FH/c1-3-6-10(9-11-2)7-4-5-8-10;;;;;/h3-9H2,1-2H3;;4*1H/q+1;+3;;;;/p-4. The molecule has 1 rings (SSSR count). The molecule has 0 saturated carbocycles. The smallest absolute Gasteiger partial charge is 0.510 e. The molecule has 0 aromatic carbocycles. The number of nitrogens with zero attached hydrogens (tertiary/aromatic N) is 1. The van der Waals surface area contributed by atoms with Gasteiger partial charge in [-0.2, -0.15) is 0 Å².